The number of allylic oxidation sites excluding steroid dienone is 2. The monoisotopic (exact) mass is 500 g/mol. The number of Topliss-reactive ketones (excluding diaryl/α,β-unsaturated/α-hetero) is 1. The summed E-state index contributed by atoms with van der Waals surface area (Å²) in [7, 11) is 5.64. The number of aliphatic carboxylic acids is 1. The van der Waals surface area contributed by atoms with Crippen LogP contribution in [0, 0.1) is 0 Å². The molecule has 0 saturated carbocycles. The highest BCUT2D eigenvalue weighted by Crippen LogP contribution is 2.39. The van der Waals surface area contributed by atoms with E-state index in [0.717, 1.165) is 42.7 Å². The SMILES string of the molecule is COC1(C(=O)O)CC=C(C(=O)c2nc3ccc(N4CCC(N(C)C)CC4)cc3[nH]2)C=C1c1ccccc1. The molecular weight excluding hydrogens is 468 g/mol. The summed E-state index contributed by atoms with van der Waals surface area (Å²) in [6.07, 6.45) is 5.50. The lowest BCUT2D eigenvalue weighted by molar-refractivity contribution is -0.154. The molecule has 2 N–H and O–H groups in total. The number of hydrogen-bond acceptors (Lipinski definition) is 6. The summed E-state index contributed by atoms with van der Waals surface area (Å²) in [6, 6.07) is 15.8. The molecule has 2 aromatic carbocycles. The number of imidazole rings is 1. The number of ether oxygens (including phenoxy) is 1. The Kier molecular flexibility index (Phi) is 6.70. The largest absolute Gasteiger partial charge is 0.479 e. The summed E-state index contributed by atoms with van der Waals surface area (Å²) in [5.41, 5.74) is 2.59. The van der Waals surface area contributed by atoms with Gasteiger partial charge in [0, 0.05) is 49.5 Å². The van der Waals surface area contributed by atoms with Gasteiger partial charge in [0.25, 0.3) is 0 Å². The van der Waals surface area contributed by atoms with E-state index in [0.29, 0.717) is 22.8 Å². The molecule has 0 amide bonds. The molecule has 1 aliphatic heterocycles. The van der Waals surface area contributed by atoms with E-state index in [2.05, 4.69) is 46.0 Å². The number of ketones is 1. The Morgan fingerprint density at radius 2 is 1.86 bits per heavy atom. The molecule has 1 fully saturated rings. The summed E-state index contributed by atoms with van der Waals surface area (Å²) in [5.74, 6) is -1.15. The molecular formula is C29H32N4O4. The molecule has 0 bridgehead atoms. The van der Waals surface area contributed by atoms with Gasteiger partial charge in [-0.2, -0.15) is 0 Å². The quantitative estimate of drug-likeness (QED) is 0.470. The van der Waals surface area contributed by atoms with E-state index < -0.39 is 11.6 Å². The highest BCUT2D eigenvalue weighted by molar-refractivity contribution is 6.12. The van der Waals surface area contributed by atoms with Crippen molar-refractivity contribution in [3.05, 3.63) is 77.6 Å². The Bertz CT molecular complexity index is 1380. The molecule has 0 radical (unpaired) electrons. The van der Waals surface area contributed by atoms with Crippen LogP contribution in [0.4, 0.5) is 5.69 Å². The molecule has 5 rings (SSSR count). The number of carboxylic acids is 1. The second-order valence-electron chi connectivity index (χ2n) is 9.92. The molecule has 0 spiro atoms. The Morgan fingerprint density at radius 1 is 1.14 bits per heavy atom. The van der Waals surface area contributed by atoms with E-state index in [1.54, 1.807) is 12.2 Å². The van der Waals surface area contributed by atoms with Crippen molar-refractivity contribution in [2.75, 3.05) is 39.2 Å². The van der Waals surface area contributed by atoms with Crippen LogP contribution in [0.25, 0.3) is 16.6 Å². The number of nitrogens with zero attached hydrogens (tertiary/aromatic N) is 3. The number of anilines is 1. The van der Waals surface area contributed by atoms with E-state index in [4.69, 9.17) is 4.74 Å². The van der Waals surface area contributed by atoms with Crippen molar-refractivity contribution in [2.24, 2.45) is 0 Å². The number of piperidine rings is 1. The lowest BCUT2D eigenvalue weighted by Gasteiger charge is -2.36. The molecule has 3 aromatic rings. The van der Waals surface area contributed by atoms with Gasteiger partial charge in [0.1, 0.15) is 0 Å². The third-order valence-electron chi connectivity index (χ3n) is 7.63. The Hall–Kier alpha value is -3.75. The Balaban J connectivity index is 1.43. The lowest BCUT2D eigenvalue weighted by atomic mass is 9.79. The number of fused-ring (bicyclic) bond motifs is 1. The Morgan fingerprint density at radius 3 is 2.51 bits per heavy atom. The summed E-state index contributed by atoms with van der Waals surface area (Å²) in [6.45, 7) is 1.97. The number of carbonyl (C=O) groups is 2. The van der Waals surface area contributed by atoms with Gasteiger partial charge in [0.15, 0.2) is 11.4 Å². The molecule has 1 aliphatic carbocycles. The van der Waals surface area contributed by atoms with Crippen molar-refractivity contribution in [1.82, 2.24) is 14.9 Å². The van der Waals surface area contributed by atoms with E-state index in [-0.39, 0.29) is 18.0 Å². The fraction of sp³-hybridized carbons (Fsp3) is 0.345. The summed E-state index contributed by atoms with van der Waals surface area (Å²) in [5, 5.41) is 10.0. The van der Waals surface area contributed by atoms with Gasteiger partial charge in [-0.15, -0.1) is 0 Å². The predicted octanol–water partition coefficient (Wildman–Crippen LogP) is 4.16. The van der Waals surface area contributed by atoms with Crippen LogP contribution in [-0.4, -0.2) is 77.7 Å². The van der Waals surface area contributed by atoms with Gasteiger partial charge in [-0.1, -0.05) is 36.4 Å². The highest BCUT2D eigenvalue weighted by Gasteiger charge is 2.44. The van der Waals surface area contributed by atoms with Gasteiger partial charge in [0.05, 0.1) is 11.0 Å². The maximum Gasteiger partial charge on any atom is 0.341 e. The zero-order valence-electron chi connectivity index (χ0n) is 21.4. The smallest absolute Gasteiger partial charge is 0.341 e. The number of aromatic amines is 1. The first-order valence-electron chi connectivity index (χ1n) is 12.5. The first-order chi connectivity index (χ1) is 17.8. The topological polar surface area (TPSA) is 98.8 Å². The maximum atomic E-state index is 13.5. The molecule has 1 atom stereocenters. The van der Waals surface area contributed by atoms with Crippen molar-refractivity contribution in [1.29, 1.82) is 0 Å². The molecule has 8 nitrogen and oxygen atoms in total. The van der Waals surface area contributed by atoms with Gasteiger partial charge in [-0.05, 0) is 56.8 Å². The summed E-state index contributed by atoms with van der Waals surface area (Å²) in [4.78, 5) is 38.2. The number of methoxy groups -OCH3 is 1. The van der Waals surface area contributed by atoms with Crippen LogP contribution in [0.5, 0.6) is 0 Å². The second-order valence-corrected chi connectivity index (χ2v) is 9.92. The number of hydrogen-bond donors (Lipinski definition) is 2. The number of carboxylic acid groups (broad SMARTS) is 1. The van der Waals surface area contributed by atoms with Crippen molar-refractivity contribution in [2.45, 2.75) is 30.9 Å². The molecule has 1 aromatic heterocycles. The second kappa shape index (κ2) is 9.95. The van der Waals surface area contributed by atoms with Gasteiger partial charge in [-0.25, -0.2) is 9.78 Å². The summed E-state index contributed by atoms with van der Waals surface area (Å²) < 4.78 is 5.53. The van der Waals surface area contributed by atoms with Crippen LogP contribution in [0.3, 0.4) is 0 Å². The molecule has 1 saturated heterocycles. The minimum atomic E-state index is -1.56. The zero-order chi connectivity index (χ0) is 26.2. The van der Waals surface area contributed by atoms with Gasteiger partial charge >= 0.3 is 5.97 Å². The van der Waals surface area contributed by atoms with Crippen LogP contribution in [-0.2, 0) is 9.53 Å². The molecule has 8 heteroatoms. The fourth-order valence-corrected chi connectivity index (χ4v) is 5.35. The standard InChI is InChI=1S/C29H32N4O4/c1-32(2)21-12-15-33(16-13-21)22-9-10-24-25(18-22)31-27(30-24)26(34)20-11-14-29(37-3,28(35)36)23(17-20)19-7-5-4-6-8-19/h4-11,17-18,21H,12-16H2,1-3H3,(H,30,31)(H,35,36). The van der Waals surface area contributed by atoms with Crippen molar-refractivity contribution in [3.8, 4) is 0 Å². The van der Waals surface area contributed by atoms with E-state index in [9.17, 15) is 14.7 Å². The molecule has 1 unspecified atom stereocenters. The Labute approximate surface area is 216 Å². The maximum absolute atomic E-state index is 13.5. The lowest BCUT2D eigenvalue weighted by Crippen LogP contribution is -2.43. The number of aromatic nitrogens is 2. The number of nitrogens with one attached hydrogen (secondary N) is 1. The molecule has 2 aliphatic rings. The van der Waals surface area contributed by atoms with Gasteiger partial charge < -0.3 is 24.6 Å². The van der Waals surface area contributed by atoms with Gasteiger partial charge in [-0.3, -0.25) is 4.79 Å². The van der Waals surface area contributed by atoms with Crippen LogP contribution in [0.1, 0.15) is 35.4 Å². The first-order valence-corrected chi connectivity index (χ1v) is 12.5. The van der Waals surface area contributed by atoms with Crippen LogP contribution < -0.4 is 4.90 Å². The number of rotatable bonds is 7. The van der Waals surface area contributed by atoms with E-state index in [1.165, 1.54) is 7.11 Å². The van der Waals surface area contributed by atoms with Crippen molar-refractivity contribution >= 4 is 34.0 Å². The number of benzene rings is 2. The van der Waals surface area contributed by atoms with E-state index in [1.807, 2.05) is 36.4 Å². The molecule has 192 valence electrons. The zero-order valence-corrected chi connectivity index (χ0v) is 21.4. The van der Waals surface area contributed by atoms with Crippen molar-refractivity contribution in [3.63, 3.8) is 0 Å². The average Bonchev–Trinajstić information content (AvgIpc) is 3.36. The van der Waals surface area contributed by atoms with Crippen LogP contribution in [0.2, 0.25) is 0 Å². The minimum Gasteiger partial charge on any atom is -0.479 e. The number of carbonyl (C=O) groups excluding carboxylic acids is 1. The highest BCUT2D eigenvalue weighted by atomic mass is 16.5. The fourth-order valence-electron chi connectivity index (χ4n) is 5.35. The average molecular weight is 501 g/mol. The summed E-state index contributed by atoms with van der Waals surface area (Å²) >= 11 is 0. The van der Waals surface area contributed by atoms with Crippen molar-refractivity contribution < 1.29 is 19.4 Å². The normalized spacial score (nSPS) is 20.7. The van der Waals surface area contributed by atoms with Gasteiger partial charge in [0.2, 0.25) is 5.78 Å². The minimum absolute atomic E-state index is 0.0356. The third kappa shape index (κ3) is 4.58. The molecule has 37 heavy (non-hydrogen) atoms. The predicted molar refractivity (Wildman–Crippen MR) is 144 cm³/mol. The van der Waals surface area contributed by atoms with Crippen LogP contribution in [0.15, 0.2) is 66.3 Å². The van der Waals surface area contributed by atoms with E-state index >= 15 is 0 Å². The third-order valence-corrected chi connectivity index (χ3v) is 7.63. The number of H-pyrrole nitrogens is 1. The first kappa shape index (κ1) is 24.9. The van der Waals surface area contributed by atoms with Crippen LogP contribution >= 0.6 is 0 Å². The molecule has 2 heterocycles.